The molecule has 1 atom stereocenters. The Bertz CT molecular complexity index is 1010. The summed E-state index contributed by atoms with van der Waals surface area (Å²) in [6, 6.07) is 12.4. The summed E-state index contributed by atoms with van der Waals surface area (Å²) in [6.07, 6.45) is -4.63. The molecule has 2 aromatic carbocycles. The van der Waals surface area contributed by atoms with Crippen molar-refractivity contribution in [2.75, 3.05) is 7.11 Å². The van der Waals surface area contributed by atoms with Gasteiger partial charge in [-0.1, -0.05) is 48.0 Å². The van der Waals surface area contributed by atoms with E-state index in [1.54, 1.807) is 6.92 Å². The van der Waals surface area contributed by atoms with Gasteiger partial charge in [0.25, 0.3) is 0 Å². The molecule has 1 heterocycles. The summed E-state index contributed by atoms with van der Waals surface area (Å²) < 4.78 is 44.4. The summed E-state index contributed by atoms with van der Waals surface area (Å²) in [6.45, 7) is 3.83. The van der Waals surface area contributed by atoms with E-state index >= 15 is 0 Å². The Kier molecular flexibility index (Phi) is 6.01. The third-order valence-corrected chi connectivity index (χ3v) is 5.27. The molecule has 30 heavy (non-hydrogen) atoms. The molecule has 1 amide bonds. The van der Waals surface area contributed by atoms with E-state index in [2.05, 4.69) is 0 Å². The smallest absolute Gasteiger partial charge is 0.416 e. The standard InChI is InChI=1S/C23H22F3NO3/c1-14-6-4-7-16(10-14)13-27-15(2)21(22(29)30-3)19(12-20(27)28)17-8-5-9-18(11-17)23(24,25)26/h4-11,19H,12-13H2,1-3H3/t19-/m1/s1. The van der Waals surface area contributed by atoms with Gasteiger partial charge in [0.2, 0.25) is 5.91 Å². The molecule has 0 aliphatic carbocycles. The number of carbonyl (C=O) groups excluding carboxylic acids is 2. The molecule has 0 N–H and O–H groups in total. The number of nitrogens with zero attached hydrogens (tertiary/aromatic N) is 1. The van der Waals surface area contributed by atoms with Crippen molar-refractivity contribution < 1.29 is 27.5 Å². The van der Waals surface area contributed by atoms with Gasteiger partial charge in [0, 0.05) is 18.0 Å². The number of halogens is 3. The van der Waals surface area contributed by atoms with Gasteiger partial charge in [0.15, 0.2) is 0 Å². The van der Waals surface area contributed by atoms with Crippen molar-refractivity contribution >= 4 is 11.9 Å². The molecule has 1 aliphatic rings. The number of rotatable bonds is 4. The van der Waals surface area contributed by atoms with E-state index in [9.17, 15) is 22.8 Å². The second-order valence-corrected chi connectivity index (χ2v) is 7.34. The zero-order valence-electron chi connectivity index (χ0n) is 16.9. The summed E-state index contributed by atoms with van der Waals surface area (Å²) in [7, 11) is 1.22. The van der Waals surface area contributed by atoms with Crippen LogP contribution in [0.2, 0.25) is 0 Å². The maximum absolute atomic E-state index is 13.2. The molecule has 0 saturated carbocycles. The predicted molar refractivity (Wildman–Crippen MR) is 105 cm³/mol. The molecule has 4 nitrogen and oxygen atoms in total. The van der Waals surface area contributed by atoms with E-state index in [0.717, 1.165) is 23.3 Å². The number of amides is 1. The molecule has 7 heteroatoms. The lowest BCUT2D eigenvalue weighted by atomic mass is 9.83. The number of carbonyl (C=O) groups is 2. The monoisotopic (exact) mass is 417 g/mol. The van der Waals surface area contributed by atoms with Crippen LogP contribution in [0, 0.1) is 6.92 Å². The van der Waals surface area contributed by atoms with Crippen LogP contribution in [-0.4, -0.2) is 23.9 Å². The fraction of sp³-hybridized carbons (Fsp3) is 0.304. The Balaban J connectivity index is 2.05. The Morgan fingerprint density at radius 2 is 1.83 bits per heavy atom. The van der Waals surface area contributed by atoms with Crippen molar-refractivity contribution in [3.8, 4) is 0 Å². The number of esters is 1. The Hall–Kier alpha value is -3.09. The second kappa shape index (κ2) is 8.34. The van der Waals surface area contributed by atoms with Gasteiger partial charge in [0.05, 0.1) is 24.8 Å². The van der Waals surface area contributed by atoms with Gasteiger partial charge in [-0.25, -0.2) is 4.79 Å². The minimum Gasteiger partial charge on any atom is -0.466 e. The van der Waals surface area contributed by atoms with Crippen LogP contribution in [0.15, 0.2) is 59.8 Å². The molecule has 0 unspecified atom stereocenters. The summed E-state index contributed by atoms with van der Waals surface area (Å²) in [5, 5.41) is 0. The first kappa shape index (κ1) is 21.6. The van der Waals surface area contributed by atoms with Crippen LogP contribution >= 0.6 is 0 Å². The molecule has 3 rings (SSSR count). The maximum Gasteiger partial charge on any atom is 0.416 e. The van der Waals surface area contributed by atoms with Gasteiger partial charge in [-0.15, -0.1) is 0 Å². The van der Waals surface area contributed by atoms with Gasteiger partial charge < -0.3 is 9.64 Å². The highest BCUT2D eigenvalue weighted by molar-refractivity contribution is 5.95. The lowest BCUT2D eigenvalue weighted by Crippen LogP contribution is -2.38. The minimum atomic E-state index is -4.52. The molecule has 0 radical (unpaired) electrons. The zero-order valence-corrected chi connectivity index (χ0v) is 16.9. The van der Waals surface area contributed by atoms with Gasteiger partial charge in [0.1, 0.15) is 0 Å². The number of hydrogen-bond acceptors (Lipinski definition) is 3. The van der Waals surface area contributed by atoms with E-state index < -0.39 is 23.6 Å². The van der Waals surface area contributed by atoms with Crippen LogP contribution in [0.25, 0.3) is 0 Å². The van der Waals surface area contributed by atoms with Gasteiger partial charge in [-0.05, 0) is 31.0 Å². The van der Waals surface area contributed by atoms with Crippen molar-refractivity contribution in [3.05, 3.63) is 82.1 Å². The number of methoxy groups -OCH3 is 1. The molecule has 0 spiro atoms. The average molecular weight is 417 g/mol. The van der Waals surface area contributed by atoms with Gasteiger partial charge in [-0.2, -0.15) is 13.2 Å². The van der Waals surface area contributed by atoms with E-state index in [1.807, 2.05) is 31.2 Å². The predicted octanol–water partition coefficient (Wildman–Crippen LogP) is 4.98. The van der Waals surface area contributed by atoms with Gasteiger partial charge in [-0.3, -0.25) is 4.79 Å². The average Bonchev–Trinajstić information content (AvgIpc) is 2.69. The molecule has 0 bridgehead atoms. The summed E-state index contributed by atoms with van der Waals surface area (Å²) in [4.78, 5) is 27.0. The molecule has 158 valence electrons. The summed E-state index contributed by atoms with van der Waals surface area (Å²) >= 11 is 0. The van der Waals surface area contributed by atoms with Gasteiger partial charge >= 0.3 is 12.1 Å². The number of allylic oxidation sites excluding steroid dienone is 1. The molecule has 2 aromatic rings. The molecule has 0 saturated heterocycles. The summed E-state index contributed by atoms with van der Waals surface area (Å²) in [5.74, 6) is -1.72. The highest BCUT2D eigenvalue weighted by Crippen LogP contribution is 2.39. The van der Waals surface area contributed by atoms with Crippen LogP contribution in [0.1, 0.15) is 41.5 Å². The van der Waals surface area contributed by atoms with Crippen LogP contribution < -0.4 is 0 Å². The Morgan fingerprint density at radius 3 is 2.47 bits per heavy atom. The number of hydrogen-bond donors (Lipinski definition) is 0. The SMILES string of the molecule is COC(=O)C1=C(C)N(Cc2cccc(C)c2)C(=O)C[C@@H]1c1cccc(C(F)(F)F)c1. The quantitative estimate of drug-likeness (QED) is 0.660. The molecule has 0 fully saturated rings. The van der Waals surface area contributed by atoms with Crippen molar-refractivity contribution in [1.82, 2.24) is 4.90 Å². The summed E-state index contributed by atoms with van der Waals surface area (Å²) in [5.41, 5.74) is 1.95. The third kappa shape index (κ3) is 4.40. The minimum absolute atomic E-state index is 0.116. The molecular weight excluding hydrogens is 395 g/mol. The fourth-order valence-electron chi connectivity index (χ4n) is 3.79. The lowest BCUT2D eigenvalue weighted by Gasteiger charge is -2.34. The van der Waals surface area contributed by atoms with Crippen LogP contribution in [-0.2, 0) is 27.0 Å². The van der Waals surface area contributed by atoms with Crippen molar-refractivity contribution in [2.45, 2.75) is 38.9 Å². The zero-order chi connectivity index (χ0) is 22.1. The van der Waals surface area contributed by atoms with Crippen LogP contribution in [0.3, 0.4) is 0 Å². The van der Waals surface area contributed by atoms with E-state index in [0.29, 0.717) is 5.70 Å². The third-order valence-electron chi connectivity index (χ3n) is 5.27. The fourth-order valence-corrected chi connectivity index (χ4v) is 3.79. The van der Waals surface area contributed by atoms with E-state index in [-0.39, 0.29) is 30.0 Å². The maximum atomic E-state index is 13.2. The number of aryl methyl sites for hydroxylation is 1. The topological polar surface area (TPSA) is 46.6 Å². The van der Waals surface area contributed by atoms with Crippen LogP contribution in [0.4, 0.5) is 13.2 Å². The first-order valence-corrected chi connectivity index (χ1v) is 9.44. The number of benzene rings is 2. The Labute approximate surface area is 173 Å². The second-order valence-electron chi connectivity index (χ2n) is 7.34. The largest absolute Gasteiger partial charge is 0.466 e. The highest BCUT2D eigenvalue weighted by Gasteiger charge is 2.38. The number of alkyl halides is 3. The van der Waals surface area contributed by atoms with Crippen molar-refractivity contribution in [3.63, 3.8) is 0 Å². The first-order chi connectivity index (χ1) is 14.1. The Morgan fingerprint density at radius 1 is 1.13 bits per heavy atom. The van der Waals surface area contributed by atoms with E-state index in [1.165, 1.54) is 24.1 Å². The molecule has 1 aliphatic heterocycles. The molecular formula is C23H22F3NO3. The van der Waals surface area contributed by atoms with Crippen molar-refractivity contribution in [1.29, 1.82) is 0 Å². The first-order valence-electron chi connectivity index (χ1n) is 9.44. The van der Waals surface area contributed by atoms with Crippen molar-refractivity contribution in [2.24, 2.45) is 0 Å². The molecule has 0 aromatic heterocycles. The lowest BCUT2D eigenvalue weighted by molar-refractivity contribution is -0.138. The normalized spacial score (nSPS) is 17.3. The van der Waals surface area contributed by atoms with Crippen LogP contribution in [0.5, 0.6) is 0 Å². The highest BCUT2D eigenvalue weighted by atomic mass is 19.4. The number of ether oxygens (including phenoxy) is 1. The van der Waals surface area contributed by atoms with E-state index in [4.69, 9.17) is 4.74 Å².